The molecule has 0 aliphatic rings. The van der Waals surface area contributed by atoms with E-state index < -0.39 is 0 Å². The van der Waals surface area contributed by atoms with Gasteiger partial charge in [-0.05, 0) is 24.3 Å². The molecule has 4 heteroatoms. The van der Waals surface area contributed by atoms with Crippen LogP contribution in [0.3, 0.4) is 0 Å². The molecule has 0 aliphatic heterocycles. The first-order valence-corrected chi connectivity index (χ1v) is 5.22. The van der Waals surface area contributed by atoms with Crippen molar-refractivity contribution in [3.05, 3.63) is 48.3 Å². The van der Waals surface area contributed by atoms with Gasteiger partial charge >= 0.3 is 0 Å². The molecular weight excluding hydrogens is 212 g/mol. The number of rotatable bonds is 3. The second-order valence-corrected chi connectivity index (χ2v) is 3.53. The van der Waals surface area contributed by atoms with E-state index in [9.17, 15) is 0 Å². The lowest BCUT2D eigenvalue weighted by Gasteiger charge is -2.07. The minimum absolute atomic E-state index is 0.632. The molecule has 0 spiro atoms. The molecule has 2 aromatic rings. The smallest absolute Gasteiger partial charge is 0.0992 e. The van der Waals surface area contributed by atoms with E-state index in [2.05, 4.69) is 21.7 Å². The zero-order valence-electron chi connectivity index (χ0n) is 9.44. The van der Waals surface area contributed by atoms with E-state index in [-0.39, 0.29) is 0 Å². The van der Waals surface area contributed by atoms with Crippen LogP contribution >= 0.6 is 0 Å². The average molecular weight is 224 g/mol. The van der Waals surface area contributed by atoms with E-state index in [1.807, 2.05) is 25.2 Å². The van der Waals surface area contributed by atoms with Gasteiger partial charge in [0, 0.05) is 12.7 Å². The Kier molecular flexibility index (Phi) is 3.22. The molecular formula is C13H12N4. The van der Waals surface area contributed by atoms with Crippen LogP contribution in [-0.2, 0) is 0 Å². The fourth-order valence-corrected chi connectivity index (χ4v) is 1.48. The Morgan fingerprint density at radius 2 is 1.94 bits per heavy atom. The van der Waals surface area contributed by atoms with E-state index in [4.69, 9.17) is 5.26 Å². The third-order valence-corrected chi connectivity index (χ3v) is 2.31. The van der Waals surface area contributed by atoms with Crippen molar-refractivity contribution in [2.45, 2.75) is 0 Å². The summed E-state index contributed by atoms with van der Waals surface area (Å²) in [7, 11) is 1.84. The van der Waals surface area contributed by atoms with Crippen molar-refractivity contribution in [2.75, 3.05) is 17.7 Å². The quantitative estimate of drug-likeness (QED) is 0.841. The zero-order chi connectivity index (χ0) is 12.1. The highest BCUT2D eigenvalue weighted by atomic mass is 14.9. The first-order valence-electron chi connectivity index (χ1n) is 5.22. The number of anilines is 3. The summed E-state index contributed by atoms with van der Waals surface area (Å²) in [5.74, 6) is 0. The van der Waals surface area contributed by atoms with Crippen molar-refractivity contribution in [3.8, 4) is 6.07 Å². The van der Waals surface area contributed by atoms with Gasteiger partial charge < -0.3 is 10.6 Å². The predicted molar refractivity (Wildman–Crippen MR) is 68.2 cm³/mol. The molecule has 0 saturated heterocycles. The largest absolute Gasteiger partial charge is 0.387 e. The highest BCUT2D eigenvalue weighted by Crippen LogP contribution is 2.19. The average Bonchev–Trinajstić information content (AvgIpc) is 2.39. The van der Waals surface area contributed by atoms with Gasteiger partial charge in [0.25, 0.3) is 0 Å². The molecule has 0 amide bonds. The number of pyridine rings is 1. The molecule has 1 aromatic heterocycles. The second-order valence-electron chi connectivity index (χ2n) is 3.53. The van der Waals surface area contributed by atoms with Gasteiger partial charge in [0.15, 0.2) is 0 Å². The molecule has 2 N–H and O–H groups in total. The minimum Gasteiger partial charge on any atom is -0.387 e. The maximum absolute atomic E-state index is 8.81. The lowest BCUT2D eigenvalue weighted by atomic mass is 10.2. The number of hydrogen-bond acceptors (Lipinski definition) is 4. The van der Waals surface area contributed by atoms with Crippen LogP contribution in [0.15, 0.2) is 42.7 Å². The van der Waals surface area contributed by atoms with Crippen LogP contribution in [0.5, 0.6) is 0 Å². The van der Waals surface area contributed by atoms with Gasteiger partial charge in [-0.1, -0.05) is 6.07 Å². The van der Waals surface area contributed by atoms with Crippen LogP contribution in [0.25, 0.3) is 0 Å². The maximum Gasteiger partial charge on any atom is 0.0992 e. The summed E-state index contributed by atoms with van der Waals surface area (Å²) in [6.45, 7) is 0. The van der Waals surface area contributed by atoms with Crippen molar-refractivity contribution in [1.82, 2.24) is 4.98 Å². The highest BCUT2D eigenvalue weighted by molar-refractivity contribution is 5.64. The first-order chi connectivity index (χ1) is 8.31. The van der Waals surface area contributed by atoms with E-state index in [1.54, 1.807) is 24.5 Å². The Labute approximate surface area is 99.9 Å². The molecule has 0 atom stereocenters. The Balaban J connectivity index is 2.22. The monoisotopic (exact) mass is 224 g/mol. The third kappa shape index (κ3) is 2.73. The van der Waals surface area contributed by atoms with Crippen LogP contribution in [0.4, 0.5) is 17.1 Å². The van der Waals surface area contributed by atoms with Gasteiger partial charge in [-0.25, -0.2) is 0 Å². The first kappa shape index (κ1) is 11.0. The Hall–Kier alpha value is -2.54. The van der Waals surface area contributed by atoms with Crippen molar-refractivity contribution in [2.24, 2.45) is 0 Å². The van der Waals surface area contributed by atoms with Crippen LogP contribution in [-0.4, -0.2) is 12.0 Å². The van der Waals surface area contributed by atoms with E-state index in [0.29, 0.717) is 5.56 Å². The van der Waals surface area contributed by atoms with Crippen LogP contribution < -0.4 is 10.6 Å². The molecule has 2 rings (SSSR count). The normalized spacial score (nSPS) is 9.41. The number of hydrogen-bond donors (Lipinski definition) is 2. The lowest BCUT2D eigenvalue weighted by Crippen LogP contribution is -1.94. The summed E-state index contributed by atoms with van der Waals surface area (Å²) in [5.41, 5.74) is 3.32. The van der Waals surface area contributed by atoms with Gasteiger partial charge in [0.1, 0.15) is 0 Å². The number of nitrogens with zero attached hydrogens (tertiary/aromatic N) is 2. The summed E-state index contributed by atoms with van der Waals surface area (Å²) in [5, 5.41) is 15.0. The molecule has 0 bridgehead atoms. The molecule has 4 nitrogen and oxygen atoms in total. The number of benzene rings is 1. The molecule has 0 radical (unpaired) electrons. The molecule has 1 aromatic carbocycles. The standard InChI is InChI=1S/C13H12N4/c1-15-12-6-13(9-16-8-12)17-11-4-2-3-10(5-11)7-14/h2-6,8-9,15,17H,1H3. The number of aromatic nitrogens is 1. The zero-order valence-corrected chi connectivity index (χ0v) is 9.44. The molecule has 0 aliphatic carbocycles. The lowest BCUT2D eigenvalue weighted by molar-refractivity contribution is 1.30. The molecule has 0 unspecified atom stereocenters. The van der Waals surface area contributed by atoms with Gasteiger partial charge in [-0.3, -0.25) is 4.98 Å². The predicted octanol–water partition coefficient (Wildman–Crippen LogP) is 2.74. The van der Waals surface area contributed by atoms with Crippen LogP contribution in [0.1, 0.15) is 5.56 Å². The van der Waals surface area contributed by atoms with E-state index >= 15 is 0 Å². The van der Waals surface area contributed by atoms with E-state index in [1.165, 1.54) is 0 Å². The van der Waals surface area contributed by atoms with Crippen molar-refractivity contribution in [3.63, 3.8) is 0 Å². The van der Waals surface area contributed by atoms with Gasteiger partial charge in [0.05, 0.1) is 35.4 Å². The SMILES string of the molecule is CNc1cncc(Nc2cccc(C#N)c2)c1. The van der Waals surface area contributed by atoms with E-state index in [0.717, 1.165) is 17.1 Å². The second kappa shape index (κ2) is 4.99. The molecule has 0 fully saturated rings. The van der Waals surface area contributed by atoms with Crippen LogP contribution in [0, 0.1) is 11.3 Å². The van der Waals surface area contributed by atoms with Crippen molar-refractivity contribution in [1.29, 1.82) is 5.26 Å². The third-order valence-electron chi connectivity index (χ3n) is 2.31. The summed E-state index contributed by atoms with van der Waals surface area (Å²) >= 11 is 0. The highest BCUT2D eigenvalue weighted by Gasteiger charge is 1.98. The summed E-state index contributed by atoms with van der Waals surface area (Å²) in [6, 6.07) is 11.4. The molecule has 1 heterocycles. The number of nitrogens with one attached hydrogen (secondary N) is 2. The molecule has 17 heavy (non-hydrogen) atoms. The van der Waals surface area contributed by atoms with Crippen molar-refractivity contribution >= 4 is 17.1 Å². The molecule has 84 valence electrons. The fourth-order valence-electron chi connectivity index (χ4n) is 1.48. The molecule has 0 saturated carbocycles. The Morgan fingerprint density at radius 1 is 1.12 bits per heavy atom. The van der Waals surface area contributed by atoms with Crippen molar-refractivity contribution < 1.29 is 0 Å². The summed E-state index contributed by atoms with van der Waals surface area (Å²) in [6.07, 6.45) is 3.48. The topological polar surface area (TPSA) is 60.7 Å². The Bertz CT molecular complexity index is 557. The van der Waals surface area contributed by atoms with Gasteiger partial charge in [-0.15, -0.1) is 0 Å². The summed E-state index contributed by atoms with van der Waals surface area (Å²) in [4.78, 5) is 4.10. The fraction of sp³-hybridized carbons (Fsp3) is 0.0769. The minimum atomic E-state index is 0.632. The maximum atomic E-state index is 8.81. The Morgan fingerprint density at radius 3 is 2.71 bits per heavy atom. The van der Waals surface area contributed by atoms with Gasteiger partial charge in [0.2, 0.25) is 0 Å². The van der Waals surface area contributed by atoms with Crippen LogP contribution in [0.2, 0.25) is 0 Å². The van der Waals surface area contributed by atoms with Gasteiger partial charge in [-0.2, -0.15) is 5.26 Å². The number of nitriles is 1. The summed E-state index contributed by atoms with van der Waals surface area (Å²) < 4.78 is 0.